The predicted molar refractivity (Wildman–Crippen MR) is 76.1 cm³/mol. The number of thioether (sulfide) groups is 1. The molecule has 1 atom stereocenters. The molecule has 1 rings (SSSR count). The highest BCUT2D eigenvalue weighted by atomic mass is 32.2. The fourth-order valence-corrected chi connectivity index (χ4v) is 2.24. The number of amides is 1. The van der Waals surface area contributed by atoms with Gasteiger partial charge in [-0.3, -0.25) is 4.79 Å². The lowest BCUT2D eigenvalue weighted by Crippen LogP contribution is -2.49. The van der Waals surface area contributed by atoms with E-state index >= 15 is 0 Å². The number of hydrogen-bond acceptors (Lipinski definition) is 3. The molecule has 4 nitrogen and oxygen atoms in total. The summed E-state index contributed by atoms with van der Waals surface area (Å²) in [4.78, 5) is 23.7. The molecule has 0 aliphatic heterocycles. The van der Waals surface area contributed by atoms with E-state index < -0.39 is 17.4 Å². The van der Waals surface area contributed by atoms with Crippen LogP contribution in [-0.2, 0) is 9.59 Å². The Bertz CT molecular complexity index is 482. The van der Waals surface area contributed by atoms with Crippen LogP contribution >= 0.6 is 11.8 Å². The monoisotopic (exact) mass is 299 g/mol. The molecular formula is C14H18FNO3S. The van der Waals surface area contributed by atoms with E-state index in [0.29, 0.717) is 0 Å². The quantitative estimate of drug-likeness (QED) is 0.820. The van der Waals surface area contributed by atoms with Crippen molar-refractivity contribution in [3.63, 3.8) is 0 Å². The van der Waals surface area contributed by atoms with Crippen molar-refractivity contribution in [3.8, 4) is 0 Å². The number of carboxylic acids is 1. The second-order valence-electron chi connectivity index (χ2n) is 5.45. The topological polar surface area (TPSA) is 66.4 Å². The first-order valence-corrected chi connectivity index (χ1v) is 7.09. The highest BCUT2D eigenvalue weighted by Gasteiger charge is 2.32. The van der Waals surface area contributed by atoms with Crippen molar-refractivity contribution < 1.29 is 19.1 Å². The molecule has 0 saturated heterocycles. The highest BCUT2D eigenvalue weighted by Crippen LogP contribution is 2.21. The third-order valence-corrected chi connectivity index (χ3v) is 3.61. The van der Waals surface area contributed by atoms with Crippen LogP contribution in [0.25, 0.3) is 0 Å². The minimum Gasteiger partial charge on any atom is -0.480 e. The van der Waals surface area contributed by atoms with Crippen LogP contribution in [0, 0.1) is 11.2 Å². The van der Waals surface area contributed by atoms with Gasteiger partial charge in [-0.25, -0.2) is 9.18 Å². The number of carbonyl (C=O) groups is 2. The number of nitrogens with one attached hydrogen (secondary N) is 1. The van der Waals surface area contributed by atoms with Crippen molar-refractivity contribution in [1.29, 1.82) is 0 Å². The molecule has 0 spiro atoms. The summed E-state index contributed by atoms with van der Waals surface area (Å²) in [6.07, 6.45) is 0. The van der Waals surface area contributed by atoms with E-state index in [-0.39, 0.29) is 17.5 Å². The van der Waals surface area contributed by atoms with E-state index in [1.807, 2.05) is 0 Å². The molecule has 1 unspecified atom stereocenters. The van der Waals surface area contributed by atoms with Gasteiger partial charge < -0.3 is 10.4 Å². The summed E-state index contributed by atoms with van der Waals surface area (Å²) in [5.41, 5.74) is -0.567. The standard InChI is InChI=1S/C14H18FNO3S/c1-14(2,3)12(13(18)19)16-11(17)8-20-10-6-4-9(15)5-7-10/h4-7,12H,8H2,1-3H3,(H,16,17)(H,18,19). The third kappa shape index (κ3) is 5.21. The van der Waals surface area contributed by atoms with Crippen LogP contribution < -0.4 is 5.32 Å². The van der Waals surface area contributed by atoms with Crippen LogP contribution in [0.5, 0.6) is 0 Å². The summed E-state index contributed by atoms with van der Waals surface area (Å²) in [6.45, 7) is 5.25. The van der Waals surface area contributed by atoms with E-state index in [9.17, 15) is 14.0 Å². The van der Waals surface area contributed by atoms with Gasteiger partial charge >= 0.3 is 5.97 Å². The van der Waals surface area contributed by atoms with Gasteiger partial charge in [0.15, 0.2) is 0 Å². The number of halogens is 1. The van der Waals surface area contributed by atoms with Gasteiger partial charge in [-0.05, 0) is 29.7 Å². The first kappa shape index (κ1) is 16.5. The number of benzene rings is 1. The lowest BCUT2D eigenvalue weighted by molar-refractivity contribution is -0.144. The van der Waals surface area contributed by atoms with Gasteiger partial charge in [0, 0.05) is 4.90 Å². The zero-order valence-electron chi connectivity index (χ0n) is 11.6. The zero-order valence-corrected chi connectivity index (χ0v) is 12.5. The molecule has 1 amide bonds. The van der Waals surface area contributed by atoms with Gasteiger partial charge in [0.25, 0.3) is 0 Å². The fourth-order valence-electron chi connectivity index (χ4n) is 1.53. The maximum Gasteiger partial charge on any atom is 0.326 e. The molecule has 20 heavy (non-hydrogen) atoms. The van der Waals surface area contributed by atoms with Gasteiger partial charge in [-0.2, -0.15) is 0 Å². The number of carbonyl (C=O) groups excluding carboxylic acids is 1. The second-order valence-corrected chi connectivity index (χ2v) is 6.50. The summed E-state index contributed by atoms with van der Waals surface area (Å²) in [5.74, 6) is -1.66. The summed E-state index contributed by atoms with van der Waals surface area (Å²) in [7, 11) is 0. The lowest BCUT2D eigenvalue weighted by atomic mass is 9.87. The van der Waals surface area contributed by atoms with E-state index in [2.05, 4.69) is 5.32 Å². The summed E-state index contributed by atoms with van der Waals surface area (Å²) in [5, 5.41) is 11.6. The summed E-state index contributed by atoms with van der Waals surface area (Å²) in [6, 6.07) is 4.84. The van der Waals surface area contributed by atoms with Crippen molar-refractivity contribution in [2.75, 3.05) is 5.75 Å². The van der Waals surface area contributed by atoms with Gasteiger partial charge in [-0.15, -0.1) is 11.8 Å². The van der Waals surface area contributed by atoms with Crippen molar-refractivity contribution >= 4 is 23.6 Å². The Labute approximate surface area is 121 Å². The van der Waals surface area contributed by atoms with Crippen molar-refractivity contribution in [2.24, 2.45) is 5.41 Å². The average Bonchev–Trinajstić information content (AvgIpc) is 2.33. The number of aliphatic carboxylic acids is 1. The SMILES string of the molecule is CC(C)(C)C(NC(=O)CSc1ccc(F)cc1)C(=O)O. The van der Waals surface area contributed by atoms with Gasteiger partial charge in [0.1, 0.15) is 11.9 Å². The Kier molecular flexibility index (Phi) is 5.56. The van der Waals surface area contributed by atoms with Crippen molar-refractivity contribution in [3.05, 3.63) is 30.1 Å². The third-order valence-electron chi connectivity index (χ3n) is 2.60. The molecule has 1 aromatic rings. The minimum atomic E-state index is -1.06. The van der Waals surface area contributed by atoms with E-state index in [1.54, 1.807) is 32.9 Å². The number of carboxylic acid groups (broad SMARTS) is 1. The molecule has 0 radical (unpaired) electrons. The largest absolute Gasteiger partial charge is 0.480 e. The predicted octanol–water partition coefficient (Wildman–Crippen LogP) is 2.53. The zero-order chi connectivity index (χ0) is 15.3. The summed E-state index contributed by atoms with van der Waals surface area (Å²) < 4.78 is 12.7. The van der Waals surface area contributed by atoms with Gasteiger partial charge in [-0.1, -0.05) is 20.8 Å². The lowest BCUT2D eigenvalue weighted by Gasteiger charge is -2.27. The molecule has 0 aromatic heterocycles. The number of rotatable bonds is 5. The maximum atomic E-state index is 12.7. The Morgan fingerprint density at radius 1 is 1.30 bits per heavy atom. The Balaban J connectivity index is 2.54. The van der Waals surface area contributed by atoms with Crippen LogP contribution in [-0.4, -0.2) is 28.8 Å². The van der Waals surface area contributed by atoms with E-state index in [1.165, 1.54) is 23.9 Å². The molecular weight excluding hydrogens is 281 g/mol. The minimum absolute atomic E-state index is 0.0888. The van der Waals surface area contributed by atoms with E-state index in [4.69, 9.17) is 5.11 Å². The fraction of sp³-hybridized carbons (Fsp3) is 0.429. The van der Waals surface area contributed by atoms with Crippen molar-refractivity contribution in [1.82, 2.24) is 5.32 Å². The Morgan fingerprint density at radius 3 is 2.30 bits per heavy atom. The molecule has 0 fully saturated rings. The van der Waals surface area contributed by atoms with Crippen LogP contribution in [0.15, 0.2) is 29.2 Å². The normalized spacial score (nSPS) is 12.8. The molecule has 0 aliphatic rings. The highest BCUT2D eigenvalue weighted by molar-refractivity contribution is 8.00. The van der Waals surface area contributed by atoms with Crippen LogP contribution in [0.3, 0.4) is 0 Å². The Morgan fingerprint density at radius 2 is 1.85 bits per heavy atom. The average molecular weight is 299 g/mol. The van der Waals surface area contributed by atoms with Crippen LogP contribution in [0.1, 0.15) is 20.8 Å². The first-order chi connectivity index (χ1) is 9.20. The molecule has 0 aliphatic carbocycles. The molecule has 110 valence electrons. The van der Waals surface area contributed by atoms with E-state index in [0.717, 1.165) is 4.90 Å². The number of hydrogen-bond donors (Lipinski definition) is 2. The first-order valence-electron chi connectivity index (χ1n) is 6.10. The van der Waals surface area contributed by atoms with Crippen molar-refractivity contribution in [2.45, 2.75) is 31.7 Å². The second kappa shape index (κ2) is 6.74. The molecule has 0 heterocycles. The smallest absolute Gasteiger partial charge is 0.326 e. The summed E-state index contributed by atoms with van der Waals surface area (Å²) >= 11 is 1.23. The molecule has 6 heteroatoms. The van der Waals surface area contributed by atoms with Crippen LogP contribution in [0.2, 0.25) is 0 Å². The van der Waals surface area contributed by atoms with Gasteiger partial charge in [0.05, 0.1) is 5.75 Å². The molecule has 1 aromatic carbocycles. The molecule has 2 N–H and O–H groups in total. The molecule has 0 saturated carbocycles. The Hall–Kier alpha value is -1.56. The maximum absolute atomic E-state index is 12.7. The van der Waals surface area contributed by atoms with Crippen LogP contribution in [0.4, 0.5) is 4.39 Å². The molecule has 0 bridgehead atoms. The van der Waals surface area contributed by atoms with Gasteiger partial charge in [0.2, 0.25) is 5.91 Å².